The van der Waals surface area contributed by atoms with Crippen molar-refractivity contribution < 1.29 is 4.42 Å². The van der Waals surface area contributed by atoms with Crippen LogP contribution in [0.15, 0.2) is 247 Å². The van der Waals surface area contributed by atoms with Crippen LogP contribution in [0.2, 0.25) is 0 Å². The van der Waals surface area contributed by atoms with E-state index in [4.69, 9.17) is 4.42 Å². The van der Waals surface area contributed by atoms with Crippen molar-refractivity contribution in [1.82, 2.24) is 0 Å². The highest BCUT2D eigenvalue weighted by Crippen LogP contribution is 2.41. The number of aryl methyl sites for hydroxylation is 1. The van der Waals surface area contributed by atoms with E-state index in [1.54, 1.807) is 0 Å². The zero-order valence-corrected chi connectivity index (χ0v) is 34.9. The van der Waals surface area contributed by atoms with Crippen molar-refractivity contribution in [2.24, 2.45) is 0 Å². The molecule has 1 heterocycles. The van der Waals surface area contributed by atoms with Gasteiger partial charge < -0.3 is 9.32 Å². The number of nitrogens with zero attached hydrogens (tertiary/aromatic N) is 1. The second kappa shape index (κ2) is 16.3. The van der Waals surface area contributed by atoms with Gasteiger partial charge >= 0.3 is 0 Å². The molecule has 0 saturated carbocycles. The molecule has 0 fully saturated rings. The van der Waals surface area contributed by atoms with Gasteiger partial charge in [-0.25, -0.2) is 0 Å². The summed E-state index contributed by atoms with van der Waals surface area (Å²) in [7, 11) is 0. The summed E-state index contributed by atoms with van der Waals surface area (Å²) >= 11 is 0. The maximum atomic E-state index is 6.31. The number of hydrogen-bond donors (Lipinski definition) is 0. The molecule has 10 aromatic carbocycles. The molecular formula is C61H43NO. The number of anilines is 3. The van der Waals surface area contributed by atoms with Crippen LogP contribution < -0.4 is 4.90 Å². The van der Waals surface area contributed by atoms with Crippen molar-refractivity contribution in [3.05, 3.63) is 248 Å². The Hall–Kier alpha value is -8.20. The highest BCUT2D eigenvalue weighted by atomic mass is 16.3. The van der Waals surface area contributed by atoms with Crippen molar-refractivity contribution in [2.45, 2.75) is 6.92 Å². The SMILES string of the molecule is Cc1c(-c2cccc(-c3ccc(-c4ccc(N(c5ccc(-c6ccccc6-c6ccccc6)cc5)c5ccc(-c6cccc7ccccc67)cc5)cc4)cc3)c2)oc2ccccc12. The quantitative estimate of drug-likeness (QED) is 0.144. The van der Waals surface area contributed by atoms with Crippen LogP contribution >= 0.6 is 0 Å². The van der Waals surface area contributed by atoms with Crippen LogP contribution in [0.1, 0.15) is 5.56 Å². The van der Waals surface area contributed by atoms with Crippen molar-refractivity contribution in [3.8, 4) is 67.0 Å². The maximum absolute atomic E-state index is 6.31. The standard InChI is InChI=1S/C61H43NO/c1-42-55-19-9-10-24-60(55)63-61(42)51-18-11-17-50(41-51)45-27-25-43(26-28-45)44-29-35-52(36-30-44)62(54-39-33-49(34-40-54)59-23-12-16-47-15-5-6-20-57(47)59)53-37-31-48(32-38-53)58-22-8-7-21-56(58)46-13-3-2-4-14-46/h2-41H,1H3. The second-order valence-corrected chi connectivity index (χ2v) is 16.1. The number of para-hydroxylation sites is 1. The molecule has 0 bridgehead atoms. The van der Waals surface area contributed by atoms with Gasteiger partial charge in [0.2, 0.25) is 0 Å². The van der Waals surface area contributed by atoms with E-state index in [-0.39, 0.29) is 0 Å². The van der Waals surface area contributed by atoms with Crippen LogP contribution in [0, 0.1) is 6.92 Å². The highest BCUT2D eigenvalue weighted by Gasteiger charge is 2.16. The van der Waals surface area contributed by atoms with Crippen molar-refractivity contribution in [2.75, 3.05) is 4.90 Å². The van der Waals surface area contributed by atoms with E-state index in [0.717, 1.165) is 50.5 Å². The summed E-state index contributed by atoms with van der Waals surface area (Å²) in [5.41, 5.74) is 18.3. The Bertz CT molecular complexity index is 3360. The first-order chi connectivity index (χ1) is 31.1. The fourth-order valence-electron chi connectivity index (χ4n) is 9.06. The zero-order chi connectivity index (χ0) is 42.1. The van der Waals surface area contributed by atoms with Gasteiger partial charge in [-0.15, -0.1) is 0 Å². The molecule has 0 aliphatic heterocycles. The molecule has 0 radical (unpaired) electrons. The van der Waals surface area contributed by atoms with Gasteiger partial charge in [0.1, 0.15) is 11.3 Å². The average molecular weight is 806 g/mol. The fraction of sp³-hybridized carbons (Fsp3) is 0.0164. The minimum Gasteiger partial charge on any atom is -0.456 e. The zero-order valence-electron chi connectivity index (χ0n) is 34.9. The Morgan fingerprint density at radius 3 is 1.35 bits per heavy atom. The summed E-state index contributed by atoms with van der Waals surface area (Å²) in [6, 6.07) is 87.1. The number of rotatable bonds is 9. The molecule has 0 aliphatic rings. The normalized spacial score (nSPS) is 11.3. The van der Waals surface area contributed by atoms with Crippen molar-refractivity contribution in [3.63, 3.8) is 0 Å². The summed E-state index contributed by atoms with van der Waals surface area (Å²) in [6.07, 6.45) is 0. The lowest BCUT2D eigenvalue weighted by atomic mass is 9.94. The van der Waals surface area contributed by atoms with Crippen LogP contribution in [-0.2, 0) is 0 Å². The van der Waals surface area contributed by atoms with E-state index < -0.39 is 0 Å². The number of benzene rings is 10. The molecule has 0 saturated heterocycles. The largest absolute Gasteiger partial charge is 0.456 e. The third-order valence-corrected chi connectivity index (χ3v) is 12.3. The molecule has 11 rings (SSSR count). The minimum absolute atomic E-state index is 0.919. The molecule has 63 heavy (non-hydrogen) atoms. The van der Waals surface area contributed by atoms with Crippen molar-refractivity contribution in [1.29, 1.82) is 0 Å². The van der Waals surface area contributed by atoms with Gasteiger partial charge in [-0.2, -0.15) is 0 Å². The predicted molar refractivity (Wildman–Crippen MR) is 266 cm³/mol. The summed E-state index contributed by atoms with van der Waals surface area (Å²) in [5, 5.41) is 3.66. The van der Waals surface area contributed by atoms with Gasteiger partial charge in [0.15, 0.2) is 0 Å². The Balaban J connectivity index is 0.914. The summed E-state index contributed by atoms with van der Waals surface area (Å²) in [6.45, 7) is 2.14. The fourth-order valence-corrected chi connectivity index (χ4v) is 9.06. The lowest BCUT2D eigenvalue weighted by molar-refractivity contribution is 0.629. The van der Waals surface area contributed by atoms with Gasteiger partial charge in [0.05, 0.1) is 0 Å². The molecule has 0 amide bonds. The lowest BCUT2D eigenvalue weighted by Crippen LogP contribution is -2.09. The first-order valence-corrected chi connectivity index (χ1v) is 21.6. The molecule has 0 atom stereocenters. The summed E-state index contributed by atoms with van der Waals surface area (Å²) < 4.78 is 6.31. The third-order valence-electron chi connectivity index (χ3n) is 12.3. The van der Waals surface area contributed by atoms with Gasteiger partial charge in [-0.3, -0.25) is 0 Å². The lowest BCUT2D eigenvalue weighted by Gasteiger charge is -2.26. The van der Waals surface area contributed by atoms with Gasteiger partial charge in [-0.1, -0.05) is 194 Å². The van der Waals surface area contributed by atoms with E-state index in [2.05, 4.69) is 242 Å². The molecule has 0 unspecified atom stereocenters. The predicted octanol–water partition coefficient (Wildman–Crippen LogP) is 17.4. The molecular weight excluding hydrogens is 763 g/mol. The van der Waals surface area contributed by atoms with Gasteiger partial charge in [0, 0.05) is 33.6 Å². The van der Waals surface area contributed by atoms with Crippen LogP contribution in [-0.4, -0.2) is 0 Å². The molecule has 0 spiro atoms. The highest BCUT2D eigenvalue weighted by molar-refractivity contribution is 5.97. The van der Waals surface area contributed by atoms with E-state index >= 15 is 0 Å². The molecule has 2 nitrogen and oxygen atoms in total. The van der Waals surface area contributed by atoms with Crippen LogP contribution in [0.25, 0.3) is 88.7 Å². The molecule has 1 aromatic heterocycles. The van der Waals surface area contributed by atoms with E-state index in [9.17, 15) is 0 Å². The van der Waals surface area contributed by atoms with E-state index in [1.165, 1.54) is 60.8 Å². The molecule has 11 aromatic rings. The summed E-state index contributed by atoms with van der Waals surface area (Å²) in [5.74, 6) is 0.925. The van der Waals surface area contributed by atoms with Crippen LogP contribution in [0.4, 0.5) is 17.1 Å². The Kier molecular flexibility index (Phi) is 9.80. The smallest absolute Gasteiger partial charge is 0.138 e. The summed E-state index contributed by atoms with van der Waals surface area (Å²) in [4.78, 5) is 2.35. The molecule has 2 heteroatoms. The van der Waals surface area contributed by atoms with Gasteiger partial charge in [-0.05, 0) is 122 Å². The number of fused-ring (bicyclic) bond motifs is 2. The monoisotopic (exact) mass is 805 g/mol. The first kappa shape index (κ1) is 37.8. The topological polar surface area (TPSA) is 16.4 Å². The van der Waals surface area contributed by atoms with Crippen LogP contribution in [0.3, 0.4) is 0 Å². The Morgan fingerprint density at radius 2 is 0.714 bits per heavy atom. The van der Waals surface area contributed by atoms with Gasteiger partial charge in [0.25, 0.3) is 0 Å². The number of furan rings is 1. The maximum Gasteiger partial charge on any atom is 0.138 e. The minimum atomic E-state index is 0.919. The average Bonchev–Trinajstić information content (AvgIpc) is 3.71. The van der Waals surface area contributed by atoms with E-state index in [0.29, 0.717) is 0 Å². The molecule has 298 valence electrons. The second-order valence-electron chi connectivity index (χ2n) is 16.1. The first-order valence-electron chi connectivity index (χ1n) is 21.6. The van der Waals surface area contributed by atoms with Crippen LogP contribution in [0.5, 0.6) is 0 Å². The molecule has 0 aliphatic carbocycles. The molecule has 0 N–H and O–H groups in total. The van der Waals surface area contributed by atoms with Crippen molar-refractivity contribution >= 4 is 38.8 Å². The third kappa shape index (κ3) is 7.28. The Labute approximate surface area is 368 Å². The van der Waals surface area contributed by atoms with E-state index in [1.807, 2.05) is 12.1 Å². The Morgan fingerprint density at radius 1 is 0.302 bits per heavy atom. The number of hydrogen-bond acceptors (Lipinski definition) is 2.